The number of piperazine rings is 1. The maximum Gasteiger partial charge on any atom is 0.251 e. The van der Waals surface area contributed by atoms with Gasteiger partial charge in [-0.05, 0) is 45.6 Å². The van der Waals surface area contributed by atoms with Gasteiger partial charge in [0.05, 0.1) is 5.54 Å². The van der Waals surface area contributed by atoms with E-state index < -0.39 is 5.54 Å². The largest absolute Gasteiger partial charge is 0.368 e. The molecule has 0 aromatic carbocycles. The SMILES string of the molecule is CC1(C(=O)N2CCN(C(=O)C3CCCO3)CC2)CCCCN1. The van der Waals surface area contributed by atoms with Gasteiger partial charge in [-0.15, -0.1) is 0 Å². The molecule has 3 rings (SSSR count). The van der Waals surface area contributed by atoms with Gasteiger partial charge in [0.1, 0.15) is 6.10 Å². The summed E-state index contributed by atoms with van der Waals surface area (Å²) in [5, 5.41) is 3.38. The average Bonchev–Trinajstić information content (AvgIpc) is 3.09. The van der Waals surface area contributed by atoms with Gasteiger partial charge in [0.15, 0.2) is 0 Å². The number of piperidine rings is 1. The van der Waals surface area contributed by atoms with E-state index in [2.05, 4.69) is 5.32 Å². The van der Waals surface area contributed by atoms with Crippen LogP contribution in [0, 0.1) is 0 Å². The fraction of sp³-hybridized carbons (Fsp3) is 0.875. The topological polar surface area (TPSA) is 61.9 Å². The van der Waals surface area contributed by atoms with Crippen molar-refractivity contribution >= 4 is 11.8 Å². The van der Waals surface area contributed by atoms with E-state index in [1.807, 2.05) is 16.7 Å². The Hall–Kier alpha value is -1.14. The summed E-state index contributed by atoms with van der Waals surface area (Å²) in [6.45, 7) is 6.14. The van der Waals surface area contributed by atoms with E-state index in [0.717, 1.165) is 38.6 Å². The van der Waals surface area contributed by atoms with Gasteiger partial charge in [0.2, 0.25) is 5.91 Å². The highest BCUT2D eigenvalue weighted by atomic mass is 16.5. The number of amides is 2. The molecule has 0 bridgehead atoms. The van der Waals surface area contributed by atoms with Crippen LogP contribution >= 0.6 is 0 Å². The van der Waals surface area contributed by atoms with Crippen LogP contribution in [0.25, 0.3) is 0 Å². The fourth-order valence-electron chi connectivity index (χ4n) is 3.69. The number of nitrogens with zero attached hydrogens (tertiary/aromatic N) is 2. The quantitative estimate of drug-likeness (QED) is 0.800. The van der Waals surface area contributed by atoms with E-state index in [1.165, 1.54) is 0 Å². The fourth-order valence-corrected chi connectivity index (χ4v) is 3.69. The van der Waals surface area contributed by atoms with Crippen LogP contribution in [0.4, 0.5) is 0 Å². The molecule has 3 fully saturated rings. The molecule has 3 aliphatic heterocycles. The van der Waals surface area contributed by atoms with Crippen LogP contribution < -0.4 is 5.32 Å². The van der Waals surface area contributed by atoms with Gasteiger partial charge in [-0.1, -0.05) is 0 Å². The van der Waals surface area contributed by atoms with E-state index in [-0.39, 0.29) is 17.9 Å². The molecule has 2 atom stereocenters. The number of carbonyl (C=O) groups excluding carboxylic acids is 2. The summed E-state index contributed by atoms with van der Waals surface area (Å²) in [6.07, 6.45) is 4.71. The first-order chi connectivity index (χ1) is 10.6. The summed E-state index contributed by atoms with van der Waals surface area (Å²) >= 11 is 0. The molecule has 124 valence electrons. The van der Waals surface area contributed by atoms with Crippen LogP contribution in [0.5, 0.6) is 0 Å². The molecule has 0 radical (unpaired) electrons. The second kappa shape index (κ2) is 6.54. The van der Waals surface area contributed by atoms with Crippen LogP contribution in [0.15, 0.2) is 0 Å². The van der Waals surface area contributed by atoms with Crippen LogP contribution in [0.2, 0.25) is 0 Å². The smallest absolute Gasteiger partial charge is 0.251 e. The van der Waals surface area contributed by atoms with Gasteiger partial charge in [0, 0.05) is 32.8 Å². The van der Waals surface area contributed by atoms with Crippen LogP contribution in [-0.4, -0.2) is 72.6 Å². The highest BCUT2D eigenvalue weighted by Gasteiger charge is 2.39. The minimum absolute atomic E-state index is 0.103. The maximum atomic E-state index is 12.7. The van der Waals surface area contributed by atoms with Gasteiger partial charge in [-0.2, -0.15) is 0 Å². The lowest BCUT2D eigenvalue weighted by atomic mass is 9.89. The molecule has 0 aromatic rings. The summed E-state index contributed by atoms with van der Waals surface area (Å²) in [7, 11) is 0. The summed E-state index contributed by atoms with van der Waals surface area (Å²) in [5.41, 5.74) is -0.418. The van der Waals surface area contributed by atoms with Crippen molar-refractivity contribution in [1.29, 1.82) is 0 Å². The van der Waals surface area contributed by atoms with E-state index in [0.29, 0.717) is 32.8 Å². The van der Waals surface area contributed by atoms with Crippen molar-refractivity contribution in [2.45, 2.75) is 50.7 Å². The number of ether oxygens (including phenoxy) is 1. The van der Waals surface area contributed by atoms with E-state index in [1.54, 1.807) is 0 Å². The normalized spacial score (nSPS) is 33.0. The predicted molar refractivity (Wildman–Crippen MR) is 82.4 cm³/mol. The lowest BCUT2D eigenvalue weighted by molar-refractivity contribution is -0.148. The van der Waals surface area contributed by atoms with Gasteiger partial charge in [0.25, 0.3) is 5.91 Å². The minimum Gasteiger partial charge on any atom is -0.368 e. The Morgan fingerprint density at radius 1 is 1.09 bits per heavy atom. The van der Waals surface area contributed by atoms with E-state index >= 15 is 0 Å². The summed E-state index contributed by atoms with van der Waals surface area (Å²) in [6, 6.07) is 0. The molecule has 0 aromatic heterocycles. The Morgan fingerprint density at radius 3 is 2.41 bits per heavy atom. The zero-order chi connectivity index (χ0) is 15.6. The molecule has 2 unspecified atom stereocenters. The standard InChI is InChI=1S/C16H27N3O3/c1-16(6-2-3-7-17-16)15(21)19-10-8-18(9-11-19)14(20)13-5-4-12-22-13/h13,17H,2-12H2,1H3. The molecule has 22 heavy (non-hydrogen) atoms. The predicted octanol–water partition coefficient (Wildman–Crippen LogP) is 0.368. The summed E-state index contributed by atoms with van der Waals surface area (Å²) < 4.78 is 5.47. The first-order valence-electron chi connectivity index (χ1n) is 8.55. The molecule has 3 heterocycles. The van der Waals surface area contributed by atoms with Gasteiger partial charge >= 0.3 is 0 Å². The number of rotatable bonds is 2. The Kier molecular flexibility index (Phi) is 4.68. The third-order valence-corrected chi connectivity index (χ3v) is 5.17. The van der Waals surface area contributed by atoms with Crippen molar-refractivity contribution in [3.05, 3.63) is 0 Å². The molecule has 0 aliphatic carbocycles. The molecule has 6 heteroatoms. The molecule has 2 amide bonds. The molecule has 6 nitrogen and oxygen atoms in total. The van der Waals surface area contributed by atoms with Crippen LogP contribution in [0.3, 0.4) is 0 Å². The third-order valence-electron chi connectivity index (χ3n) is 5.17. The highest BCUT2D eigenvalue weighted by Crippen LogP contribution is 2.22. The second-order valence-electron chi connectivity index (χ2n) is 6.84. The lowest BCUT2D eigenvalue weighted by Crippen LogP contribution is -2.62. The van der Waals surface area contributed by atoms with Gasteiger partial charge in [-0.25, -0.2) is 0 Å². The van der Waals surface area contributed by atoms with E-state index in [9.17, 15) is 9.59 Å². The van der Waals surface area contributed by atoms with Crippen LogP contribution in [-0.2, 0) is 14.3 Å². The number of carbonyl (C=O) groups is 2. The van der Waals surface area contributed by atoms with Crippen molar-refractivity contribution in [3.8, 4) is 0 Å². The molecule has 3 aliphatic rings. The van der Waals surface area contributed by atoms with Crippen molar-refractivity contribution in [3.63, 3.8) is 0 Å². The number of nitrogens with one attached hydrogen (secondary N) is 1. The molecular formula is C16H27N3O3. The minimum atomic E-state index is -0.418. The lowest BCUT2D eigenvalue weighted by Gasteiger charge is -2.42. The molecule has 3 saturated heterocycles. The first-order valence-corrected chi connectivity index (χ1v) is 8.55. The Morgan fingerprint density at radius 2 is 1.82 bits per heavy atom. The third kappa shape index (κ3) is 3.13. The first kappa shape index (κ1) is 15.7. The summed E-state index contributed by atoms with van der Waals surface area (Å²) in [4.78, 5) is 28.8. The van der Waals surface area contributed by atoms with Crippen molar-refractivity contribution < 1.29 is 14.3 Å². The molecular weight excluding hydrogens is 282 g/mol. The molecule has 0 spiro atoms. The molecule has 1 N–H and O–H groups in total. The number of hydrogen-bond donors (Lipinski definition) is 1. The van der Waals surface area contributed by atoms with Gasteiger partial charge < -0.3 is 19.9 Å². The van der Waals surface area contributed by atoms with Crippen molar-refractivity contribution in [2.24, 2.45) is 0 Å². The Bertz CT molecular complexity index is 420. The zero-order valence-electron chi connectivity index (χ0n) is 13.5. The van der Waals surface area contributed by atoms with E-state index in [4.69, 9.17) is 4.74 Å². The Labute approximate surface area is 132 Å². The zero-order valence-corrected chi connectivity index (χ0v) is 13.5. The molecule has 0 saturated carbocycles. The highest BCUT2D eigenvalue weighted by molar-refractivity contribution is 5.86. The monoisotopic (exact) mass is 309 g/mol. The van der Waals surface area contributed by atoms with Gasteiger partial charge in [-0.3, -0.25) is 9.59 Å². The van der Waals surface area contributed by atoms with Crippen LogP contribution in [0.1, 0.15) is 39.0 Å². The second-order valence-corrected chi connectivity index (χ2v) is 6.84. The summed E-state index contributed by atoms with van der Waals surface area (Å²) in [5.74, 6) is 0.294. The maximum absolute atomic E-state index is 12.7. The van der Waals surface area contributed by atoms with Crippen molar-refractivity contribution in [2.75, 3.05) is 39.3 Å². The average molecular weight is 309 g/mol. The number of hydrogen-bond acceptors (Lipinski definition) is 4. The van der Waals surface area contributed by atoms with Crippen molar-refractivity contribution in [1.82, 2.24) is 15.1 Å². The Balaban J connectivity index is 1.52.